The van der Waals surface area contributed by atoms with Gasteiger partial charge in [-0.15, -0.1) is 0 Å². The molecule has 0 saturated heterocycles. The Kier molecular flexibility index (Phi) is 5.01. The van der Waals surface area contributed by atoms with Gasteiger partial charge in [0.1, 0.15) is 0 Å². The lowest BCUT2D eigenvalue weighted by Gasteiger charge is -2.31. The van der Waals surface area contributed by atoms with E-state index in [4.69, 9.17) is 51.1 Å². The summed E-state index contributed by atoms with van der Waals surface area (Å²) in [4.78, 5) is 11.6. The van der Waals surface area contributed by atoms with Gasteiger partial charge in [-0.3, -0.25) is 5.32 Å². The van der Waals surface area contributed by atoms with Crippen molar-refractivity contribution in [1.29, 1.82) is 0 Å². The van der Waals surface area contributed by atoms with Crippen molar-refractivity contribution in [3.8, 4) is 0 Å². The average molecular weight is 331 g/mol. The van der Waals surface area contributed by atoms with E-state index in [1.54, 1.807) is 24.3 Å². The van der Waals surface area contributed by atoms with Crippen molar-refractivity contribution in [3.63, 3.8) is 0 Å². The molecule has 100 valence electrons. The molecule has 0 bridgehead atoms. The Labute approximate surface area is 125 Å². The van der Waals surface area contributed by atoms with Crippen molar-refractivity contribution >= 4 is 58.2 Å². The number of ether oxygens (including phenoxy) is 1. The standard InChI is InChI=1S/C11H11Cl4NO2/c1-10(2,11(13,14)15)18-9(17)16-8-5-3-4-7(12)6-8/h3-6H,1-2H3,(H,16,17). The third-order valence-electron chi connectivity index (χ3n) is 2.10. The molecule has 0 aliphatic rings. The summed E-state index contributed by atoms with van der Waals surface area (Å²) < 4.78 is 3.33. The van der Waals surface area contributed by atoms with Crippen molar-refractivity contribution in [1.82, 2.24) is 0 Å². The summed E-state index contributed by atoms with van der Waals surface area (Å²) in [7, 11) is 0. The largest absolute Gasteiger partial charge is 0.439 e. The van der Waals surface area contributed by atoms with Gasteiger partial charge in [0.15, 0.2) is 5.60 Å². The molecule has 0 spiro atoms. The van der Waals surface area contributed by atoms with E-state index < -0.39 is 15.5 Å². The molecule has 0 atom stereocenters. The fourth-order valence-corrected chi connectivity index (χ4v) is 1.31. The van der Waals surface area contributed by atoms with E-state index in [2.05, 4.69) is 5.32 Å². The first kappa shape index (κ1) is 15.7. The summed E-state index contributed by atoms with van der Waals surface area (Å²) in [6.45, 7) is 3.00. The fourth-order valence-electron chi connectivity index (χ4n) is 0.999. The third kappa shape index (κ3) is 4.39. The number of alkyl halides is 3. The predicted molar refractivity (Wildman–Crippen MR) is 75.9 cm³/mol. The van der Waals surface area contributed by atoms with Crippen molar-refractivity contribution in [3.05, 3.63) is 29.3 Å². The van der Waals surface area contributed by atoms with E-state index in [1.807, 2.05) is 0 Å². The van der Waals surface area contributed by atoms with E-state index in [0.717, 1.165) is 0 Å². The number of carbonyl (C=O) groups excluding carboxylic acids is 1. The van der Waals surface area contributed by atoms with Gasteiger partial charge in [-0.2, -0.15) is 0 Å². The molecule has 0 radical (unpaired) electrons. The second-order valence-corrected chi connectivity index (χ2v) is 6.75. The van der Waals surface area contributed by atoms with Crippen LogP contribution < -0.4 is 5.32 Å². The molecule has 1 N–H and O–H groups in total. The molecule has 0 aromatic heterocycles. The zero-order chi connectivity index (χ0) is 14.0. The SMILES string of the molecule is CC(C)(OC(=O)Nc1cccc(Cl)c1)C(Cl)(Cl)Cl. The topological polar surface area (TPSA) is 38.3 Å². The van der Waals surface area contributed by atoms with E-state index in [1.165, 1.54) is 13.8 Å². The molecule has 0 aliphatic heterocycles. The average Bonchev–Trinajstić information content (AvgIpc) is 2.14. The zero-order valence-corrected chi connectivity index (χ0v) is 12.7. The molecule has 0 heterocycles. The van der Waals surface area contributed by atoms with Gasteiger partial charge < -0.3 is 4.74 Å². The van der Waals surface area contributed by atoms with Crippen LogP contribution >= 0.6 is 46.4 Å². The highest BCUT2D eigenvalue weighted by Gasteiger charge is 2.44. The molecule has 0 fully saturated rings. The van der Waals surface area contributed by atoms with Crippen LogP contribution in [0.5, 0.6) is 0 Å². The molecule has 1 rings (SSSR count). The van der Waals surface area contributed by atoms with Gasteiger partial charge >= 0.3 is 6.09 Å². The Morgan fingerprint density at radius 3 is 2.39 bits per heavy atom. The van der Waals surface area contributed by atoms with Gasteiger partial charge in [-0.1, -0.05) is 52.5 Å². The minimum atomic E-state index is -1.72. The first-order valence-electron chi connectivity index (χ1n) is 4.94. The lowest BCUT2D eigenvalue weighted by molar-refractivity contribution is 0.0519. The Hall–Kier alpha value is -0.350. The first-order chi connectivity index (χ1) is 8.12. The van der Waals surface area contributed by atoms with Crippen molar-refractivity contribution in [2.45, 2.75) is 23.2 Å². The fraction of sp³-hybridized carbons (Fsp3) is 0.364. The second-order valence-electron chi connectivity index (χ2n) is 4.03. The molecule has 1 amide bonds. The maximum absolute atomic E-state index is 11.6. The van der Waals surface area contributed by atoms with Crippen LogP contribution in [0.25, 0.3) is 0 Å². The molecule has 1 aromatic carbocycles. The molecule has 7 heteroatoms. The Morgan fingerprint density at radius 1 is 1.28 bits per heavy atom. The highest BCUT2D eigenvalue weighted by Crippen LogP contribution is 2.40. The Balaban J connectivity index is 2.68. The lowest BCUT2D eigenvalue weighted by Crippen LogP contribution is -2.42. The summed E-state index contributed by atoms with van der Waals surface area (Å²) in [6.07, 6.45) is -0.728. The number of rotatable bonds is 2. The summed E-state index contributed by atoms with van der Waals surface area (Å²) >= 11 is 22.9. The van der Waals surface area contributed by atoms with Gasteiger partial charge in [-0.05, 0) is 32.0 Å². The molecule has 3 nitrogen and oxygen atoms in total. The second kappa shape index (κ2) is 5.74. The van der Waals surface area contributed by atoms with Gasteiger partial charge in [0.2, 0.25) is 3.79 Å². The predicted octanol–water partition coefficient (Wildman–Crippen LogP) is 5.04. The van der Waals surface area contributed by atoms with Crippen LogP contribution in [0.1, 0.15) is 13.8 Å². The van der Waals surface area contributed by atoms with Crippen molar-refractivity contribution < 1.29 is 9.53 Å². The molecular weight excluding hydrogens is 320 g/mol. The van der Waals surface area contributed by atoms with Gasteiger partial charge in [-0.25, -0.2) is 4.79 Å². The highest BCUT2D eigenvalue weighted by molar-refractivity contribution is 6.68. The minimum Gasteiger partial charge on any atom is -0.439 e. The lowest BCUT2D eigenvalue weighted by atomic mass is 10.2. The number of carbonyl (C=O) groups is 1. The maximum atomic E-state index is 11.6. The number of halogens is 4. The number of hydrogen-bond acceptors (Lipinski definition) is 2. The number of nitrogens with one attached hydrogen (secondary N) is 1. The number of benzene rings is 1. The molecule has 1 aromatic rings. The van der Waals surface area contributed by atoms with Crippen LogP contribution in [0.3, 0.4) is 0 Å². The van der Waals surface area contributed by atoms with Crippen LogP contribution in [0.4, 0.5) is 10.5 Å². The summed E-state index contributed by atoms with van der Waals surface area (Å²) in [5.41, 5.74) is -0.770. The van der Waals surface area contributed by atoms with Crippen LogP contribution in [-0.2, 0) is 4.74 Å². The van der Waals surface area contributed by atoms with Gasteiger partial charge in [0.25, 0.3) is 0 Å². The summed E-state index contributed by atoms with van der Waals surface area (Å²) in [5.74, 6) is 0. The van der Waals surface area contributed by atoms with Crippen LogP contribution in [0.2, 0.25) is 5.02 Å². The van der Waals surface area contributed by atoms with Crippen LogP contribution in [0, 0.1) is 0 Å². The molecule has 0 saturated carbocycles. The van der Waals surface area contributed by atoms with E-state index in [9.17, 15) is 4.79 Å². The minimum absolute atomic E-state index is 0.493. The normalized spacial score (nSPS) is 12.1. The number of anilines is 1. The Morgan fingerprint density at radius 2 is 1.89 bits per heavy atom. The summed E-state index contributed by atoms with van der Waals surface area (Å²) in [5, 5.41) is 2.98. The molecule has 18 heavy (non-hydrogen) atoms. The maximum Gasteiger partial charge on any atom is 0.412 e. The van der Waals surface area contributed by atoms with Crippen LogP contribution in [-0.4, -0.2) is 15.5 Å². The zero-order valence-electron chi connectivity index (χ0n) is 9.64. The summed E-state index contributed by atoms with van der Waals surface area (Å²) in [6, 6.07) is 6.61. The van der Waals surface area contributed by atoms with Crippen molar-refractivity contribution in [2.24, 2.45) is 0 Å². The molecular formula is C11H11Cl4NO2. The number of hydrogen-bond donors (Lipinski definition) is 1. The van der Waals surface area contributed by atoms with E-state index in [0.29, 0.717) is 10.7 Å². The Bertz CT molecular complexity index is 443. The van der Waals surface area contributed by atoms with Gasteiger partial charge in [0.05, 0.1) is 0 Å². The number of amides is 1. The molecule has 0 unspecified atom stereocenters. The quantitative estimate of drug-likeness (QED) is 0.771. The molecule has 0 aliphatic carbocycles. The van der Waals surface area contributed by atoms with Gasteiger partial charge in [0, 0.05) is 10.7 Å². The van der Waals surface area contributed by atoms with Crippen LogP contribution in [0.15, 0.2) is 24.3 Å². The van der Waals surface area contributed by atoms with Crippen molar-refractivity contribution in [2.75, 3.05) is 5.32 Å². The highest BCUT2D eigenvalue weighted by atomic mass is 35.6. The van der Waals surface area contributed by atoms with E-state index in [-0.39, 0.29) is 0 Å². The first-order valence-corrected chi connectivity index (χ1v) is 6.45. The monoisotopic (exact) mass is 329 g/mol. The van der Waals surface area contributed by atoms with E-state index >= 15 is 0 Å². The third-order valence-corrected chi connectivity index (χ3v) is 3.70. The smallest absolute Gasteiger partial charge is 0.412 e.